The number of nitrogens with two attached hydrogens (primary N) is 1. The van der Waals surface area contributed by atoms with E-state index in [1.165, 1.54) is 6.42 Å². The highest BCUT2D eigenvalue weighted by molar-refractivity contribution is 5.94. The van der Waals surface area contributed by atoms with E-state index >= 15 is 0 Å². The van der Waals surface area contributed by atoms with Crippen LogP contribution in [0.5, 0.6) is 5.75 Å². The molecule has 0 heterocycles. The lowest BCUT2D eigenvalue weighted by atomic mass is 9.71. The van der Waals surface area contributed by atoms with Crippen LogP contribution in [0.25, 0.3) is 0 Å². The van der Waals surface area contributed by atoms with Gasteiger partial charge in [-0.25, -0.2) is 0 Å². The van der Waals surface area contributed by atoms with Crippen LogP contribution in [0, 0.1) is 16.7 Å². The number of amidine groups is 1. The largest absolute Gasteiger partial charge is 0.490 e. The fourth-order valence-corrected chi connectivity index (χ4v) is 3.25. The molecular weight excluding hydrogens is 236 g/mol. The first-order chi connectivity index (χ1) is 8.85. The topological polar surface area (TPSA) is 59.1 Å². The van der Waals surface area contributed by atoms with Crippen molar-refractivity contribution in [2.24, 2.45) is 17.1 Å². The van der Waals surface area contributed by atoms with E-state index in [0.29, 0.717) is 17.4 Å². The van der Waals surface area contributed by atoms with E-state index in [1.54, 1.807) is 0 Å². The van der Waals surface area contributed by atoms with Crippen molar-refractivity contribution in [3.8, 4) is 5.75 Å². The predicted molar refractivity (Wildman–Crippen MR) is 78.7 cm³/mol. The Labute approximate surface area is 115 Å². The molecule has 3 N–H and O–H groups in total. The Hall–Kier alpha value is -1.51. The van der Waals surface area contributed by atoms with E-state index in [9.17, 15) is 0 Å². The molecule has 0 bridgehead atoms. The smallest absolute Gasteiger partial charge is 0.122 e. The van der Waals surface area contributed by atoms with E-state index < -0.39 is 0 Å². The number of ether oxygens (including phenoxy) is 1. The van der Waals surface area contributed by atoms with Crippen LogP contribution in [0.15, 0.2) is 24.3 Å². The lowest BCUT2D eigenvalue weighted by Crippen LogP contribution is -2.34. The Kier molecular flexibility index (Phi) is 3.83. The Bertz CT molecular complexity index is 450. The van der Waals surface area contributed by atoms with Crippen LogP contribution in [-0.4, -0.2) is 11.9 Å². The fourth-order valence-electron chi connectivity index (χ4n) is 3.25. The normalized spacial score (nSPS) is 25.8. The molecule has 3 nitrogen and oxygen atoms in total. The number of nitrogens with one attached hydrogen (secondary N) is 1. The molecule has 0 aliphatic heterocycles. The van der Waals surface area contributed by atoms with Crippen molar-refractivity contribution >= 4 is 5.84 Å². The summed E-state index contributed by atoms with van der Waals surface area (Å²) in [5, 5.41) is 7.37. The summed E-state index contributed by atoms with van der Waals surface area (Å²) in [6.07, 6.45) is 3.79. The molecule has 2 unspecified atom stereocenters. The number of hydrogen-bond acceptors (Lipinski definition) is 2. The molecule has 1 saturated carbocycles. The van der Waals surface area contributed by atoms with E-state index in [2.05, 4.69) is 20.8 Å². The average molecular weight is 260 g/mol. The second-order valence-electron chi connectivity index (χ2n) is 6.59. The minimum Gasteiger partial charge on any atom is -0.490 e. The molecule has 0 aromatic heterocycles. The van der Waals surface area contributed by atoms with Crippen LogP contribution >= 0.6 is 0 Å². The van der Waals surface area contributed by atoms with Crippen molar-refractivity contribution in [1.82, 2.24) is 0 Å². The van der Waals surface area contributed by atoms with Crippen molar-refractivity contribution in [1.29, 1.82) is 5.41 Å². The molecule has 0 radical (unpaired) electrons. The minimum absolute atomic E-state index is 0.0963. The van der Waals surface area contributed by atoms with Crippen LogP contribution in [-0.2, 0) is 0 Å². The predicted octanol–water partition coefficient (Wildman–Crippen LogP) is 3.56. The second-order valence-corrected chi connectivity index (χ2v) is 6.59. The van der Waals surface area contributed by atoms with Gasteiger partial charge in [-0.1, -0.05) is 20.8 Å². The third-order valence-corrected chi connectivity index (χ3v) is 3.81. The molecule has 1 fully saturated rings. The van der Waals surface area contributed by atoms with Gasteiger partial charge in [-0.05, 0) is 54.9 Å². The van der Waals surface area contributed by atoms with Crippen molar-refractivity contribution in [2.45, 2.75) is 46.1 Å². The maximum Gasteiger partial charge on any atom is 0.122 e. The molecule has 1 aliphatic rings. The quantitative estimate of drug-likeness (QED) is 0.645. The SMILES string of the molecule is CC1CC(Oc2ccc(C(=N)N)cc2)CC(C)(C)C1. The maximum atomic E-state index is 7.37. The van der Waals surface area contributed by atoms with Crippen LogP contribution in [0.4, 0.5) is 0 Å². The highest BCUT2D eigenvalue weighted by Crippen LogP contribution is 2.39. The Morgan fingerprint density at radius 3 is 2.42 bits per heavy atom. The molecule has 0 spiro atoms. The summed E-state index contributed by atoms with van der Waals surface area (Å²) < 4.78 is 6.08. The van der Waals surface area contributed by atoms with Gasteiger partial charge >= 0.3 is 0 Å². The molecule has 2 rings (SSSR count). The molecule has 1 aliphatic carbocycles. The fraction of sp³-hybridized carbons (Fsp3) is 0.562. The van der Waals surface area contributed by atoms with Gasteiger partial charge < -0.3 is 10.5 Å². The van der Waals surface area contributed by atoms with Crippen molar-refractivity contribution in [2.75, 3.05) is 0 Å². The average Bonchev–Trinajstić information content (AvgIpc) is 2.26. The third kappa shape index (κ3) is 3.72. The van der Waals surface area contributed by atoms with Gasteiger partial charge in [-0.15, -0.1) is 0 Å². The van der Waals surface area contributed by atoms with Gasteiger partial charge in [0.15, 0.2) is 0 Å². The first-order valence-corrected chi connectivity index (χ1v) is 6.97. The zero-order valence-corrected chi connectivity index (χ0v) is 12.1. The van der Waals surface area contributed by atoms with Gasteiger partial charge in [-0.3, -0.25) is 5.41 Å². The molecule has 1 aromatic rings. The second kappa shape index (κ2) is 5.24. The summed E-state index contributed by atoms with van der Waals surface area (Å²) in [4.78, 5) is 0. The highest BCUT2D eigenvalue weighted by Gasteiger charge is 2.33. The Balaban J connectivity index is 2.02. The molecule has 1 aromatic carbocycles. The summed E-state index contributed by atoms with van der Waals surface area (Å²) in [6, 6.07) is 7.50. The summed E-state index contributed by atoms with van der Waals surface area (Å²) in [5.41, 5.74) is 6.55. The first kappa shape index (κ1) is 13.9. The number of hydrogen-bond donors (Lipinski definition) is 2. The molecular formula is C16H24N2O. The first-order valence-electron chi connectivity index (χ1n) is 6.97. The molecule has 19 heavy (non-hydrogen) atoms. The van der Waals surface area contributed by atoms with Crippen molar-refractivity contribution in [3.63, 3.8) is 0 Å². The Morgan fingerprint density at radius 2 is 1.89 bits per heavy atom. The summed E-state index contributed by atoms with van der Waals surface area (Å²) in [6.45, 7) is 6.94. The third-order valence-electron chi connectivity index (χ3n) is 3.81. The van der Waals surface area contributed by atoms with E-state index in [1.807, 2.05) is 24.3 Å². The van der Waals surface area contributed by atoms with Gasteiger partial charge in [0.25, 0.3) is 0 Å². The zero-order chi connectivity index (χ0) is 14.0. The lowest BCUT2D eigenvalue weighted by Gasteiger charge is -2.38. The van der Waals surface area contributed by atoms with Gasteiger partial charge in [-0.2, -0.15) is 0 Å². The van der Waals surface area contributed by atoms with Crippen LogP contribution in [0.3, 0.4) is 0 Å². The van der Waals surface area contributed by atoms with E-state index in [4.69, 9.17) is 15.9 Å². The van der Waals surface area contributed by atoms with Gasteiger partial charge in [0.1, 0.15) is 11.6 Å². The van der Waals surface area contributed by atoms with Crippen molar-refractivity contribution in [3.05, 3.63) is 29.8 Å². The van der Waals surface area contributed by atoms with Crippen LogP contribution < -0.4 is 10.5 Å². The van der Waals surface area contributed by atoms with Crippen LogP contribution in [0.2, 0.25) is 0 Å². The van der Waals surface area contributed by atoms with Gasteiger partial charge in [0.2, 0.25) is 0 Å². The summed E-state index contributed by atoms with van der Waals surface area (Å²) in [5.74, 6) is 1.68. The zero-order valence-electron chi connectivity index (χ0n) is 12.1. The molecule has 3 heteroatoms. The highest BCUT2D eigenvalue weighted by atomic mass is 16.5. The standard InChI is InChI=1S/C16H24N2O/c1-11-8-14(10-16(2,3)9-11)19-13-6-4-12(5-7-13)15(17)18/h4-7,11,14H,8-10H2,1-3H3,(H3,17,18). The minimum atomic E-state index is 0.0963. The summed E-state index contributed by atoms with van der Waals surface area (Å²) in [7, 11) is 0. The van der Waals surface area contributed by atoms with E-state index in [0.717, 1.165) is 24.2 Å². The summed E-state index contributed by atoms with van der Waals surface area (Å²) >= 11 is 0. The molecule has 104 valence electrons. The molecule has 2 atom stereocenters. The van der Waals surface area contributed by atoms with Gasteiger partial charge in [0, 0.05) is 5.56 Å². The number of benzene rings is 1. The maximum absolute atomic E-state index is 7.37. The van der Waals surface area contributed by atoms with Gasteiger partial charge in [0.05, 0.1) is 6.10 Å². The lowest BCUT2D eigenvalue weighted by molar-refractivity contribution is 0.0562. The molecule has 0 amide bonds. The van der Waals surface area contributed by atoms with E-state index in [-0.39, 0.29) is 5.84 Å². The van der Waals surface area contributed by atoms with Crippen LogP contribution in [0.1, 0.15) is 45.6 Å². The Morgan fingerprint density at radius 1 is 1.26 bits per heavy atom. The monoisotopic (exact) mass is 260 g/mol. The number of nitrogen functional groups attached to an aromatic ring is 1. The molecule has 0 saturated heterocycles. The number of rotatable bonds is 3. The van der Waals surface area contributed by atoms with Crippen molar-refractivity contribution < 1.29 is 4.74 Å².